The lowest BCUT2D eigenvalue weighted by atomic mass is 9.73. The van der Waals surface area contributed by atoms with Gasteiger partial charge >= 0.3 is 0 Å². The van der Waals surface area contributed by atoms with Gasteiger partial charge in [0, 0.05) is 50.8 Å². The first-order valence-electron chi connectivity index (χ1n) is 20.0. The Hall–Kier alpha value is -6.90. The second-order valence-electron chi connectivity index (χ2n) is 16.0. The molecule has 0 radical (unpaired) electrons. The largest absolute Gasteiger partial charge is 0.459 e. The summed E-state index contributed by atoms with van der Waals surface area (Å²) in [5.41, 5.74) is 18.2. The van der Waals surface area contributed by atoms with Crippen molar-refractivity contribution in [1.82, 2.24) is 0 Å². The molecule has 11 rings (SSSR count). The zero-order valence-corrected chi connectivity index (χ0v) is 32.1. The Morgan fingerprint density at radius 1 is 0.474 bits per heavy atom. The van der Waals surface area contributed by atoms with Crippen molar-refractivity contribution in [2.75, 3.05) is 4.90 Å². The summed E-state index contributed by atoms with van der Waals surface area (Å²) in [5, 5.41) is 1.16. The fraction of sp³-hybridized carbons (Fsp3) is 0.0909. The molecule has 0 saturated heterocycles. The van der Waals surface area contributed by atoms with Crippen molar-refractivity contribution >= 4 is 39.7 Å². The van der Waals surface area contributed by atoms with Crippen LogP contribution < -0.4 is 4.90 Å². The van der Waals surface area contributed by atoms with E-state index >= 15 is 0 Å². The quantitative estimate of drug-likeness (QED) is 0.169. The molecule has 3 aliphatic carbocycles. The molecule has 57 heavy (non-hydrogen) atoms. The van der Waals surface area contributed by atoms with Crippen molar-refractivity contribution in [3.8, 4) is 33.4 Å². The van der Waals surface area contributed by atoms with Gasteiger partial charge in [-0.1, -0.05) is 166 Å². The Kier molecular flexibility index (Phi) is 7.69. The van der Waals surface area contributed by atoms with Crippen LogP contribution in [-0.2, 0) is 5.41 Å². The van der Waals surface area contributed by atoms with E-state index in [9.17, 15) is 0 Å². The molecule has 272 valence electrons. The summed E-state index contributed by atoms with van der Waals surface area (Å²) in [5.74, 6) is 1.33. The molecule has 0 fully saturated rings. The van der Waals surface area contributed by atoms with Crippen molar-refractivity contribution in [2.24, 2.45) is 5.92 Å². The van der Waals surface area contributed by atoms with Crippen molar-refractivity contribution in [3.05, 3.63) is 222 Å². The van der Waals surface area contributed by atoms with Gasteiger partial charge in [0.1, 0.15) is 11.3 Å². The number of allylic oxidation sites excluding steroid dienone is 5. The number of hydrogen-bond acceptors (Lipinski definition) is 2. The van der Waals surface area contributed by atoms with Crippen molar-refractivity contribution < 1.29 is 4.42 Å². The lowest BCUT2D eigenvalue weighted by Crippen LogP contribution is -2.17. The van der Waals surface area contributed by atoms with Gasteiger partial charge in [0.05, 0.1) is 0 Å². The van der Waals surface area contributed by atoms with E-state index in [4.69, 9.17) is 4.42 Å². The molecule has 0 spiro atoms. The number of nitrogens with zero attached hydrogens (tertiary/aromatic N) is 1. The number of hydrogen-bond donors (Lipinski definition) is 0. The third-order valence-electron chi connectivity index (χ3n) is 12.5. The van der Waals surface area contributed by atoms with Crippen LogP contribution >= 0.6 is 0 Å². The number of rotatable bonds is 6. The number of fused-ring (bicyclic) bond motifs is 8. The molecule has 0 bridgehead atoms. The van der Waals surface area contributed by atoms with Gasteiger partial charge in [-0.2, -0.15) is 0 Å². The summed E-state index contributed by atoms with van der Waals surface area (Å²) in [7, 11) is 0. The van der Waals surface area contributed by atoms with Crippen LogP contribution in [0.25, 0.3) is 56.0 Å². The third-order valence-corrected chi connectivity index (χ3v) is 12.5. The Bertz CT molecular complexity index is 2910. The number of anilines is 3. The Morgan fingerprint density at radius 2 is 1.05 bits per heavy atom. The summed E-state index contributed by atoms with van der Waals surface area (Å²) in [6.07, 6.45) is 11.4. The Morgan fingerprint density at radius 3 is 1.81 bits per heavy atom. The molecule has 7 aromatic carbocycles. The first kappa shape index (κ1) is 33.4. The summed E-state index contributed by atoms with van der Waals surface area (Å²) in [6.45, 7) is 4.69. The van der Waals surface area contributed by atoms with Crippen molar-refractivity contribution in [3.63, 3.8) is 0 Å². The van der Waals surface area contributed by atoms with Crippen molar-refractivity contribution in [1.29, 1.82) is 0 Å². The predicted molar refractivity (Wildman–Crippen MR) is 238 cm³/mol. The molecule has 3 aliphatic rings. The van der Waals surface area contributed by atoms with Gasteiger partial charge in [-0.05, 0) is 98.6 Å². The fourth-order valence-corrected chi connectivity index (χ4v) is 9.60. The van der Waals surface area contributed by atoms with Gasteiger partial charge in [-0.3, -0.25) is 0 Å². The standard InChI is InChI=1S/C55H41NO/c1-55(2)51-23-12-11-19-45(51)46-33-28-39(34-52(46)55)43-21-13-22-48-50-35-49(44-18-9-10-20-47(44)54(50)57-53(43)48)38-26-31-42(32-27-38)56(40-16-7-4-8-17-40)41-29-24-37(25-30-41)36-14-5-3-6-15-36/h3-35,44,47H,1-2H3. The SMILES string of the molecule is CC1(C)c2ccccc2-c2ccc(-c3cccc4c5c(oc34)C3C=CC=CC3C(c3ccc(N(c4ccccc4)c4ccc(-c6ccccc6)cc4)cc3)=C5)cc21. The second kappa shape index (κ2) is 13.1. The normalized spacial score (nSPS) is 17.1. The van der Waals surface area contributed by atoms with Crippen LogP contribution in [0.15, 0.2) is 199 Å². The highest BCUT2D eigenvalue weighted by molar-refractivity contribution is 6.03. The highest BCUT2D eigenvalue weighted by atomic mass is 16.3. The van der Waals surface area contributed by atoms with E-state index in [1.165, 1.54) is 55.6 Å². The van der Waals surface area contributed by atoms with E-state index in [0.29, 0.717) is 0 Å². The van der Waals surface area contributed by atoms with Crippen LogP contribution in [0.3, 0.4) is 0 Å². The molecular formula is C55H41NO. The zero-order chi connectivity index (χ0) is 38.1. The van der Waals surface area contributed by atoms with Gasteiger partial charge in [-0.15, -0.1) is 0 Å². The molecule has 0 amide bonds. The summed E-state index contributed by atoms with van der Waals surface area (Å²) >= 11 is 0. The monoisotopic (exact) mass is 731 g/mol. The van der Waals surface area contributed by atoms with Gasteiger partial charge in [0.15, 0.2) is 0 Å². The van der Waals surface area contributed by atoms with Crippen LogP contribution in [0.2, 0.25) is 0 Å². The molecule has 0 aliphatic heterocycles. The maximum Gasteiger partial charge on any atom is 0.142 e. The molecule has 0 saturated carbocycles. The molecule has 2 nitrogen and oxygen atoms in total. The lowest BCUT2D eigenvalue weighted by molar-refractivity contribution is 0.497. The maximum atomic E-state index is 7.01. The highest BCUT2D eigenvalue weighted by Gasteiger charge is 2.37. The van der Waals surface area contributed by atoms with E-state index in [1.807, 2.05) is 0 Å². The summed E-state index contributed by atoms with van der Waals surface area (Å²) in [4.78, 5) is 2.34. The molecule has 8 aromatic rings. The zero-order valence-electron chi connectivity index (χ0n) is 32.1. The van der Waals surface area contributed by atoms with E-state index in [2.05, 4.69) is 219 Å². The van der Waals surface area contributed by atoms with Gasteiger partial charge in [0.25, 0.3) is 0 Å². The number of benzene rings is 7. The lowest BCUT2D eigenvalue weighted by Gasteiger charge is -2.30. The maximum absolute atomic E-state index is 7.01. The molecule has 1 heterocycles. The van der Waals surface area contributed by atoms with Gasteiger partial charge in [0.2, 0.25) is 0 Å². The van der Waals surface area contributed by atoms with E-state index in [-0.39, 0.29) is 17.3 Å². The van der Waals surface area contributed by atoms with Crippen LogP contribution in [0.5, 0.6) is 0 Å². The fourth-order valence-electron chi connectivity index (χ4n) is 9.60. The summed E-state index contributed by atoms with van der Waals surface area (Å²) in [6, 6.07) is 61.7. The second-order valence-corrected chi connectivity index (χ2v) is 16.0. The van der Waals surface area contributed by atoms with Crippen LogP contribution in [-0.4, -0.2) is 0 Å². The number of furan rings is 1. The third kappa shape index (κ3) is 5.39. The van der Waals surface area contributed by atoms with Crippen LogP contribution in [0.1, 0.15) is 47.8 Å². The van der Waals surface area contributed by atoms with Crippen molar-refractivity contribution in [2.45, 2.75) is 25.2 Å². The molecule has 2 unspecified atom stereocenters. The molecular weight excluding hydrogens is 691 g/mol. The first-order chi connectivity index (χ1) is 28.0. The smallest absolute Gasteiger partial charge is 0.142 e. The van der Waals surface area contributed by atoms with E-state index < -0.39 is 0 Å². The van der Waals surface area contributed by atoms with E-state index in [1.54, 1.807) is 0 Å². The molecule has 0 N–H and O–H groups in total. The average molecular weight is 732 g/mol. The topological polar surface area (TPSA) is 16.4 Å². The summed E-state index contributed by atoms with van der Waals surface area (Å²) < 4.78 is 7.01. The van der Waals surface area contributed by atoms with Gasteiger partial charge < -0.3 is 9.32 Å². The Balaban J connectivity index is 0.980. The highest BCUT2D eigenvalue weighted by Crippen LogP contribution is 2.52. The van der Waals surface area contributed by atoms with Crippen LogP contribution in [0, 0.1) is 5.92 Å². The van der Waals surface area contributed by atoms with Gasteiger partial charge in [-0.25, -0.2) is 0 Å². The minimum absolute atomic E-state index is 0.0665. The minimum atomic E-state index is -0.0665. The molecule has 2 heteroatoms. The molecule has 1 aromatic heterocycles. The Labute approximate surface area is 334 Å². The molecule has 2 atom stereocenters. The minimum Gasteiger partial charge on any atom is -0.459 e. The van der Waals surface area contributed by atoms with Crippen LogP contribution in [0.4, 0.5) is 17.1 Å². The predicted octanol–water partition coefficient (Wildman–Crippen LogP) is 14.9. The van der Waals surface area contributed by atoms with E-state index in [0.717, 1.165) is 39.4 Å². The number of para-hydroxylation sites is 2. The average Bonchev–Trinajstić information content (AvgIpc) is 3.76. The first-order valence-corrected chi connectivity index (χ1v) is 20.0.